The van der Waals surface area contributed by atoms with Gasteiger partial charge in [-0.25, -0.2) is 4.79 Å². The molecule has 0 bridgehead atoms. The van der Waals surface area contributed by atoms with Crippen molar-refractivity contribution in [2.45, 2.75) is 45.3 Å². The zero-order chi connectivity index (χ0) is 27.8. The number of nitrogens with zero attached hydrogens (tertiary/aromatic N) is 1. The smallest absolute Gasteiger partial charge is 0.340 e. The van der Waals surface area contributed by atoms with Crippen LogP contribution in [0, 0.1) is 6.92 Å². The van der Waals surface area contributed by atoms with Gasteiger partial charge in [0.05, 0.1) is 12.8 Å². The molecule has 9 nitrogen and oxygen atoms in total. The summed E-state index contributed by atoms with van der Waals surface area (Å²) in [6, 6.07) is 16.2. The summed E-state index contributed by atoms with van der Waals surface area (Å²) in [7, 11) is 3.59. The van der Waals surface area contributed by atoms with Crippen LogP contribution in [-0.4, -0.2) is 79.1 Å². The summed E-state index contributed by atoms with van der Waals surface area (Å²) in [6.07, 6.45) is -2.72. The second-order valence-electron chi connectivity index (χ2n) is 8.64. The highest BCUT2D eigenvalue weighted by molar-refractivity contribution is 5.90. The molecule has 0 aliphatic rings. The Labute approximate surface area is 219 Å². The summed E-state index contributed by atoms with van der Waals surface area (Å²) in [4.78, 5) is 38.4. The molecule has 2 unspecified atom stereocenters. The highest BCUT2D eigenvalue weighted by atomic mass is 16.6. The molecule has 0 saturated heterocycles. The number of rotatable bonds is 13. The third-order valence-electron chi connectivity index (χ3n) is 5.27. The highest BCUT2D eigenvalue weighted by Crippen LogP contribution is 2.31. The molecule has 2 N–H and O–H groups in total. The minimum absolute atomic E-state index is 0.0416. The van der Waals surface area contributed by atoms with Crippen LogP contribution in [-0.2, 0) is 28.6 Å². The van der Waals surface area contributed by atoms with Crippen molar-refractivity contribution in [3.8, 4) is 0 Å². The number of likely N-dealkylation sites (N-methyl/N-ethyl adjacent to an activating group) is 1. The number of hydrogen-bond acceptors (Lipinski definition) is 8. The van der Waals surface area contributed by atoms with Gasteiger partial charge in [-0.2, -0.15) is 0 Å². The van der Waals surface area contributed by atoms with Crippen molar-refractivity contribution >= 4 is 17.9 Å². The van der Waals surface area contributed by atoms with E-state index in [1.165, 1.54) is 0 Å². The molecule has 204 valence electrons. The van der Waals surface area contributed by atoms with Gasteiger partial charge in [0, 0.05) is 19.8 Å². The first-order valence-corrected chi connectivity index (χ1v) is 12.2. The van der Waals surface area contributed by atoms with Gasteiger partial charge < -0.3 is 29.3 Å². The van der Waals surface area contributed by atoms with Crippen molar-refractivity contribution in [2.75, 3.05) is 40.5 Å². The van der Waals surface area contributed by atoms with Gasteiger partial charge in [-0.1, -0.05) is 54.6 Å². The van der Waals surface area contributed by atoms with Crippen molar-refractivity contribution in [1.29, 1.82) is 0 Å². The van der Waals surface area contributed by atoms with Crippen LogP contribution in [0.25, 0.3) is 0 Å². The van der Waals surface area contributed by atoms with Crippen LogP contribution in [0.5, 0.6) is 0 Å². The van der Waals surface area contributed by atoms with Crippen LogP contribution in [0.15, 0.2) is 54.6 Å². The molecule has 0 fully saturated rings. The number of aryl methyl sites for hydroxylation is 1. The lowest BCUT2D eigenvalue weighted by Crippen LogP contribution is -2.45. The molecule has 9 heteroatoms. The van der Waals surface area contributed by atoms with Gasteiger partial charge in [0.1, 0.15) is 6.61 Å². The van der Waals surface area contributed by atoms with E-state index in [1.807, 2.05) is 39.0 Å². The molecular weight excluding hydrogens is 478 g/mol. The number of ether oxygens (including phenoxy) is 3. The predicted octanol–water partition coefficient (Wildman–Crippen LogP) is 3.37. The lowest BCUT2D eigenvalue weighted by molar-refractivity contribution is -0.179. The molecule has 0 saturated carbocycles. The SMILES string of the molecule is CCOCC.Cc1ccccc1C(OC(=O)C(O)(CC(=O)O)CC(=O)OCCN(C)C)c1ccccc1. The maximum Gasteiger partial charge on any atom is 0.340 e. The molecular formula is C28H39NO8. The molecule has 2 rings (SSSR count). The van der Waals surface area contributed by atoms with Crippen molar-refractivity contribution in [3.05, 3.63) is 71.3 Å². The Morgan fingerprint density at radius 2 is 1.54 bits per heavy atom. The Kier molecular flexibility index (Phi) is 14.1. The summed E-state index contributed by atoms with van der Waals surface area (Å²) in [6.45, 7) is 8.00. The second kappa shape index (κ2) is 16.5. The molecule has 2 atom stereocenters. The van der Waals surface area contributed by atoms with Gasteiger partial charge in [-0.15, -0.1) is 0 Å². The number of hydrogen-bond donors (Lipinski definition) is 2. The van der Waals surface area contributed by atoms with Gasteiger partial charge in [-0.05, 0) is 51.6 Å². The first-order chi connectivity index (χ1) is 17.5. The molecule has 0 heterocycles. The third kappa shape index (κ3) is 11.6. The number of carboxylic acids is 1. The summed E-state index contributed by atoms with van der Waals surface area (Å²) >= 11 is 0. The molecule has 0 radical (unpaired) electrons. The first-order valence-electron chi connectivity index (χ1n) is 12.2. The molecule has 37 heavy (non-hydrogen) atoms. The van der Waals surface area contributed by atoms with E-state index >= 15 is 0 Å². The molecule has 2 aromatic rings. The molecule has 2 aromatic carbocycles. The van der Waals surface area contributed by atoms with E-state index in [4.69, 9.17) is 14.2 Å². The van der Waals surface area contributed by atoms with E-state index in [0.29, 0.717) is 17.7 Å². The van der Waals surface area contributed by atoms with E-state index in [-0.39, 0.29) is 6.61 Å². The van der Waals surface area contributed by atoms with Crippen molar-refractivity contribution in [1.82, 2.24) is 4.90 Å². The Morgan fingerprint density at radius 1 is 0.946 bits per heavy atom. The fraction of sp³-hybridized carbons (Fsp3) is 0.464. The Bertz CT molecular complexity index is 977. The van der Waals surface area contributed by atoms with E-state index in [1.54, 1.807) is 55.4 Å². The monoisotopic (exact) mass is 517 g/mol. The molecule has 0 aromatic heterocycles. The fourth-order valence-electron chi connectivity index (χ4n) is 3.33. The first kappa shape index (κ1) is 31.8. The van der Waals surface area contributed by atoms with Crippen LogP contribution < -0.4 is 0 Å². The topological polar surface area (TPSA) is 123 Å². The van der Waals surface area contributed by atoms with E-state index in [9.17, 15) is 24.6 Å². The number of aliphatic carboxylic acids is 1. The maximum absolute atomic E-state index is 13.0. The molecule has 0 aliphatic carbocycles. The van der Waals surface area contributed by atoms with Crippen molar-refractivity contribution < 1.29 is 38.8 Å². The molecule has 0 amide bonds. The maximum atomic E-state index is 13.0. The molecule has 0 aliphatic heterocycles. The average molecular weight is 518 g/mol. The fourth-order valence-corrected chi connectivity index (χ4v) is 3.33. The van der Waals surface area contributed by atoms with Crippen LogP contribution in [0.1, 0.15) is 49.5 Å². The lowest BCUT2D eigenvalue weighted by Gasteiger charge is -2.28. The van der Waals surface area contributed by atoms with Gasteiger partial charge in [0.15, 0.2) is 11.7 Å². The zero-order valence-electron chi connectivity index (χ0n) is 22.3. The minimum Gasteiger partial charge on any atom is -0.481 e. The Hall–Kier alpha value is -3.27. The van der Waals surface area contributed by atoms with Gasteiger partial charge >= 0.3 is 17.9 Å². The van der Waals surface area contributed by atoms with Gasteiger partial charge in [0.25, 0.3) is 0 Å². The third-order valence-corrected chi connectivity index (χ3v) is 5.27. The summed E-state index contributed by atoms with van der Waals surface area (Å²) in [5.41, 5.74) is -0.407. The Morgan fingerprint density at radius 3 is 2.05 bits per heavy atom. The quantitative estimate of drug-likeness (QED) is 0.385. The summed E-state index contributed by atoms with van der Waals surface area (Å²) < 4.78 is 15.5. The molecule has 0 spiro atoms. The van der Waals surface area contributed by atoms with Crippen molar-refractivity contribution in [2.24, 2.45) is 0 Å². The van der Waals surface area contributed by atoms with Crippen LogP contribution >= 0.6 is 0 Å². The largest absolute Gasteiger partial charge is 0.481 e. The van der Waals surface area contributed by atoms with Crippen LogP contribution in [0.2, 0.25) is 0 Å². The van der Waals surface area contributed by atoms with Gasteiger partial charge in [-0.3, -0.25) is 9.59 Å². The summed E-state index contributed by atoms with van der Waals surface area (Å²) in [5.74, 6) is -3.54. The van der Waals surface area contributed by atoms with E-state index in [0.717, 1.165) is 18.8 Å². The minimum atomic E-state index is -2.57. The van der Waals surface area contributed by atoms with Crippen molar-refractivity contribution in [3.63, 3.8) is 0 Å². The second-order valence-corrected chi connectivity index (χ2v) is 8.64. The number of esters is 2. The standard InChI is InChI=1S/C24H29NO7.C4H10O/c1-17-9-7-8-12-19(17)22(18-10-5-4-6-11-18)32-23(29)24(30,15-20(26)27)16-21(28)31-14-13-25(2)3;1-3-5-4-2/h4-12,22,30H,13-16H2,1-3H3,(H,26,27);3-4H2,1-2H3. The van der Waals surface area contributed by atoms with Crippen LogP contribution in [0.4, 0.5) is 0 Å². The predicted molar refractivity (Wildman–Crippen MR) is 139 cm³/mol. The van der Waals surface area contributed by atoms with Gasteiger partial charge in [0.2, 0.25) is 0 Å². The Balaban J connectivity index is 0.00000124. The summed E-state index contributed by atoms with van der Waals surface area (Å²) in [5, 5.41) is 20.1. The normalized spacial score (nSPS) is 13.1. The number of carboxylic acid groups (broad SMARTS) is 1. The van der Waals surface area contributed by atoms with E-state index < -0.39 is 42.5 Å². The number of aliphatic hydroxyl groups is 1. The lowest BCUT2D eigenvalue weighted by atomic mass is 9.94. The number of carbonyl (C=O) groups is 3. The highest BCUT2D eigenvalue weighted by Gasteiger charge is 2.44. The average Bonchev–Trinajstić information content (AvgIpc) is 2.83. The van der Waals surface area contributed by atoms with Crippen LogP contribution in [0.3, 0.4) is 0 Å². The number of benzene rings is 2. The van der Waals surface area contributed by atoms with E-state index in [2.05, 4.69) is 0 Å². The zero-order valence-corrected chi connectivity index (χ0v) is 22.3. The number of carbonyl (C=O) groups excluding carboxylic acids is 2.